The van der Waals surface area contributed by atoms with Crippen LogP contribution in [0.15, 0.2) is 60.7 Å². The number of rotatable bonds is 18. The van der Waals surface area contributed by atoms with Gasteiger partial charge >= 0.3 is 6.09 Å². The average Bonchev–Trinajstić information content (AvgIpc) is 3.65. The molecule has 0 aromatic heterocycles. The fourth-order valence-corrected chi connectivity index (χ4v) is 5.88. The predicted octanol–water partition coefficient (Wildman–Crippen LogP) is 2.07. The molecule has 5 amide bonds. The fourth-order valence-electron chi connectivity index (χ4n) is 5.88. The van der Waals surface area contributed by atoms with Crippen LogP contribution in [0.5, 0.6) is 0 Å². The molecule has 1 saturated heterocycles. The number of primary amides is 1. The second-order valence-corrected chi connectivity index (χ2v) is 14.3. The van der Waals surface area contributed by atoms with Crippen molar-refractivity contribution < 1.29 is 38.6 Å². The molecule has 14 nitrogen and oxygen atoms in total. The molecule has 1 aliphatic rings. The summed E-state index contributed by atoms with van der Waals surface area (Å²) >= 11 is 0. The van der Waals surface area contributed by atoms with Gasteiger partial charge in [0.05, 0.1) is 12.1 Å². The van der Waals surface area contributed by atoms with E-state index in [0.29, 0.717) is 30.5 Å². The van der Waals surface area contributed by atoms with Crippen LogP contribution in [0.2, 0.25) is 0 Å². The van der Waals surface area contributed by atoms with Crippen LogP contribution < -0.4 is 27.0 Å². The zero-order chi connectivity index (χ0) is 38.4. The largest absolute Gasteiger partial charge is 0.445 e. The number of nitrogens with one attached hydrogen (secondary N) is 4. The van der Waals surface area contributed by atoms with E-state index in [0.717, 1.165) is 11.3 Å². The molecule has 1 aliphatic heterocycles. The molecular weight excluding hydrogens is 668 g/mol. The van der Waals surface area contributed by atoms with Crippen LogP contribution in [0.4, 0.5) is 4.79 Å². The number of alkyl carbamates (subject to hydrolysis) is 1. The minimum atomic E-state index is -2.31. The van der Waals surface area contributed by atoms with Crippen LogP contribution in [0.25, 0.3) is 0 Å². The summed E-state index contributed by atoms with van der Waals surface area (Å²) in [7, 11) is 0. The van der Waals surface area contributed by atoms with Crippen molar-refractivity contribution in [3.63, 3.8) is 0 Å². The van der Waals surface area contributed by atoms with Crippen molar-refractivity contribution in [1.29, 1.82) is 0 Å². The highest BCUT2D eigenvalue weighted by Crippen LogP contribution is 2.21. The highest BCUT2D eigenvalue weighted by Gasteiger charge is 2.45. The fraction of sp³-hybridized carbons (Fsp3) is 0.526. The lowest BCUT2D eigenvalue weighted by atomic mass is 9.94. The third kappa shape index (κ3) is 12.7. The van der Waals surface area contributed by atoms with E-state index in [1.54, 1.807) is 82.3 Å². The molecule has 0 bridgehead atoms. The van der Waals surface area contributed by atoms with Gasteiger partial charge in [0.2, 0.25) is 29.4 Å². The maximum absolute atomic E-state index is 14.7. The molecule has 0 spiro atoms. The van der Waals surface area contributed by atoms with Crippen molar-refractivity contribution in [2.75, 3.05) is 6.54 Å². The van der Waals surface area contributed by atoms with E-state index >= 15 is 0 Å². The second-order valence-electron chi connectivity index (χ2n) is 14.3. The smallest absolute Gasteiger partial charge is 0.408 e. The highest BCUT2D eigenvalue weighted by atomic mass is 16.5. The minimum absolute atomic E-state index is 0.0968. The zero-order valence-electron chi connectivity index (χ0n) is 30.7. The normalized spacial score (nSPS) is 17.1. The number of ketones is 1. The first-order chi connectivity index (χ1) is 24.6. The van der Waals surface area contributed by atoms with Gasteiger partial charge in [0.25, 0.3) is 0 Å². The van der Waals surface area contributed by atoms with Gasteiger partial charge in [0.15, 0.2) is 6.23 Å². The van der Waals surface area contributed by atoms with Gasteiger partial charge in [-0.05, 0) is 63.6 Å². The van der Waals surface area contributed by atoms with Crippen molar-refractivity contribution in [2.45, 2.75) is 116 Å². The number of hydrogen-bond donors (Lipinski definition) is 6. The van der Waals surface area contributed by atoms with Crippen LogP contribution in [-0.2, 0) is 41.7 Å². The summed E-state index contributed by atoms with van der Waals surface area (Å²) in [6.45, 7) is 9.21. The van der Waals surface area contributed by atoms with E-state index in [4.69, 9.17) is 10.5 Å². The Hall–Kier alpha value is -4.82. The van der Waals surface area contributed by atoms with Crippen LogP contribution >= 0.6 is 0 Å². The zero-order valence-corrected chi connectivity index (χ0v) is 30.7. The molecule has 284 valence electrons. The summed E-state index contributed by atoms with van der Waals surface area (Å²) in [6.07, 6.45) is -2.33. The van der Waals surface area contributed by atoms with Crippen molar-refractivity contribution >= 4 is 35.5 Å². The third-order valence-corrected chi connectivity index (χ3v) is 8.86. The van der Waals surface area contributed by atoms with Gasteiger partial charge in [-0.1, -0.05) is 80.9 Å². The van der Waals surface area contributed by atoms with Crippen molar-refractivity contribution in [3.05, 3.63) is 71.8 Å². The molecule has 0 radical (unpaired) electrons. The van der Waals surface area contributed by atoms with E-state index in [2.05, 4.69) is 21.3 Å². The lowest BCUT2D eigenvalue weighted by Crippen LogP contribution is -2.65. The van der Waals surface area contributed by atoms with E-state index in [1.807, 2.05) is 13.0 Å². The molecule has 1 heterocycles. The lowest BCUT2D eigenvalue weighted by Gasteiger charge is -2.39. The maximum Gasteiger partial charge on any atom is 0.408 e. The van der Waals surface area contributed by atoms with Gasteiger partial charge in [0, 0.05) is 18.4 Å². The standard InChI is InChI=1S/C38H54N6O8/c1-6-24(2)31(42-33(47)27-18-13-21-40-27)35(49)44(29(19-20-30(39)45)34(48)43-38(3,4)5)36(50)32(46)28(22-25-14-9-7-10-15-25)41-37(51)52-23-26-16-11-8-12-17-26/h7-12,14-17,24,27-29,31,36,40,50H,6,13,18-23H2,1-5H3,(H2,39,45)(H,41,51)(H,42,47)(H,43,48)/t24-,27-,28-,29?,31-,36?/m0/s1. The van der Waals surface area contributed by atoms with Crippen molar-refractivity contribution in [2.24, 2.45) is 11.7 Å². The van der Waals surface area contributed by atoms with Crippen LogP contribution in [0, 0.1) is 5.92 Å². The molecule has 1 fully saturated rings. The van der Waals surface area contributed by atoms with Crippen molar-refractivity contribution in [1.82, 2.24) is 26.2 Å². The monoisotopic (exact) mass is 722 g/mol. The van der Waals surface area contributed by atoms with E-state index in [9.17, 15) is 33.9 Å². The number of aliphatic hydroxyl groups is 1. The number of benzene rings is 2. The topological polar surface area (TPSA) is 209 Å². The lowest BCUT2D eigenvalue weighted by molar-refractivity contribution is -0.164. The Morgan fingerprint density at radius 2 is 1.60 bits per heavy atom. The summed E-state index contributed by atoms with van der Waals surface area (Å²) in [5.74, 6) is -4.40. The molecule has 6 atom stereocenters. The number of amides is 5. The quantitative estimate of drug-likeness (QED) is 0.124. The van der Waals surface area contributed by atoms with E-state index in [1.165, 1.54) is 0 Å². The summed E-state index contributed by atoms with van der Waals surface area (Å²) in [5.41, 5.74) is 5.99. The molecule has 0 aliphatic carbocycles. The van der Waals surface area contributed by atoms with Gasteiger partial charge in [-0.2, -0.15) is 0 Å². The van der Waals surface area contributed by atoms with Gasteiger partial charge in [-0.15, -0.1) is 0 Å². The van der Waals surface area contributed by atoms with Crippen molar-refractivity contribution in [3.8, 4) is 0 Å². The van der Waals surface area contributed by atoms with Crippen LogP contribution in [0.1, 0.15) is 77.8 Å². The summed E-state index contributed by atoms with van der Waals surface area (Å²) in [4.78, 5) is 82.2. The number of carbonyl (C=O) groups excluding carboxylic acids is 6. The minimum Gasteiger partial charge on any atom is -0.445 e. The first-order valence-corrected chi connectivity index (χ1v) is 17.8. The Morgan fingerprint density at radius 1 is 0.981 bits per heavy atom. The van der Waals surface area contributed by atoms with E-state index < -0.39 is 77.4 Å². The van der Waals surface area contributed by atoms with Gasteiger partial charge in [0.1, 0.15) is 18.7 Å². The number of aliphatic hydroxyl groups excluding tert-OH is 1. The van der Waals surface area contributed by atoms with Crippen LogP contribution in [-0.4, -0.2) is 88.0 Å². The van der Waals surface area contributed by atoms with E-state index in [-0.39, 0.29) is 25.9 Å². The Kier molecular flexibility index (Phi) is 15.8. The Balaban J connectivity index is 2.07. The summed E-state index contributed by atoms with van der Waals surface area (Å²) in [6, 6.07) is 12.8. The Morgan fingerprint density at radius 3 is 2.13 bits per heavy atom. The molecule has 0 saturated carbocycles. The first-order valence-electron chi connectivity index (χ1n) is 17.8. The van der Waals surface area contributed by atoms with Gasteiger partial charge in [-0.25, -0.2) is 4.79 Å². The molecule has 2 aromatic carbocycles. The number of carbonyl (C=O) groups is 6. The number of hydrogen-bond acceptors (Lipinski definition) is 9. The molecule has 14 heteroatoms. The average molecular weight is 723 g/mol. The number of nitrogens with two attached hydrogens (primary N) is 1. The predicted molar refractivity (Wildman–Crippen MR) is 194 cm³/mol. The Labute approximate surface area is 305 Å². The number of Topliss-reactive ketones (excluding diaryl/α,β-unsaturated/α-hetero) is 1. The molecule has 7 N–H and O–H groups in total. The van der Waals surface area contributed by atoms with Gasteiger partial charge in [-0.3, -0.25) is 28.9 Å². The maximum atomic E-state index is 14.7. The Bertz CT molecular complexity index is 1510. The van der Waals surface area contributed by atoms with Crippen LogP contribution in [0.3, 0.4) is 0 Å². The molecule has 3 rings (SSSR count). The summed E-state index contributed by atoms with van der Waals surface area (Å²) in [5, 5.41) is 23.2. The first kappa shape index (κ1) is 41.6. The number of ether oxygens (including phenoxy) is 1. The molecule has 2 aromatic rings. The molecule has 52 heavy (non-hydrogen) atoms. The summed E-state index contributed by atoms with van der Waals surface area (Å²) < 4.78 is 5.38. The molecule has 2 unspecified atom stereocenters. The van der Waals surface area contributed by atoms with Gasteiger partial charge < -0.3 is 36.8 Å². The SMILES string of the molecule is CC[C@H](C)[C@H](NC(=O)[C@@H]1CCCN1)C(=O)N(C(O)C(=O)[C@H](Cc1ccccc1)NC(=O)OCc1ccccc1)C(CCC(N)=O)C(=O)NC(C)(C)C. The second kappa shape index (κ2) is 19.7. The molecular formula is C38H54N6O8. The third-order valence-electron chi connectivity index (χ3n) is 8.86. The highest BCUT2D eigenvalue weighted by molar-refractivity contribution is 5.98. The number of nitrogens with zero attached hydrogens (tertiary/aromatic N) is 1.